The number of benzene rings is 1. The van der Waals surface area contributed by atoms with Gasteiger partial charge in [0.2, 0.25) is 5.91 Å². The highest BCUT2D eigenvalue weighted by Crippen LogP contribution is 2.27. The maximum absolute atomic E-state index is 12.6. The van der Waals surface area contributed by atoms with Gasteiger partial charge in [0.1, 0.15) is 0 Å². The Bertz CT molecular complexity index is 472. The fourth-order valence-electron chi connectivity index (χ4n) is 3.38. The third kappa shape index (κ3) is 2.66. The third-order valence-electron chi connectivity index (χ3n) is 4.47. The van der Waals surface area contributed by atoms with Gasteiger partial charge in [0.15, 0.2) is 0 Å². The Morgan fingerprint density at radius 2 is 2.00 bits per heavy atom. The number of amides is 1. The van der Waals surface area contributed by atoms with Crippen LogP contribution >= 0.6 is 0 Å². The van der Waals surface area contributed by atoms with Crippen LogP contribution in [0.15, 0.2) is 24.3 Å². The summed E-state index contributed by atoms with van der Waals surface area (Å²) in [7, 11) is 0. The number of likely N-dealkylation sites (tertiary alicyclic amines) is 1. The zero-order valence-corrected chi connectivity index (χ0v) is 11.3. The molecule has 102 valence electrons. The monoisotopic (exact) mass is 258 g/mol. The van der Waals surface area contributed by atoms with Crippen LogP contribution in [0, 0.1) is 5.92 Å². The van der Waals surface area contributed by atoms with E-state index in [9.17, 15) is 4.79 Å². The Kier molecular flexibility index (Phi) is 3.56. The van der Waals surface area contributed by atoms with Crippen molar-refractivity contribution in [3.63, 3.8) is 0 Å². The maximum atomic E-state index is 12.6. The lowest BCUT2D eigenvalue weighted by Crippen LogP contribution is -2.48. The summed E-state index contributed by atoms with van der Waals surface area (Å²) in [5.41, 5.74) is 8.75. The second-order valence-electron chi connectivity index (χ2n) is 5.89. The number of nitrogens with two attached hydrogens (primary N) is 1. The predicted octanol–water partition coefficient (Wildman–Crippen LogP) is 1.74. The Morgan fingerprint density at radius 3 is 2.79 bits per heavy atom. The van der Waals surface area contributed by atoms with Crippen LogP contribution in [0.2, 0.25) is 0 Å². The van der Waals surface area contributed by atoms with E-state index in [1.165, 1.54) is 11.1 Å². The summed E-state index contributed by atoms with van der Waals surface area (Å²) in [6.45, 7) is 1.64. The summed E-state index contributed by atoms with van der Waals surface area (Å²) < 4.78 is 0. The molecule has 1 aliphatic heterocycles. The first kappa shape index (κ1) is 12.7. The first-order valence-electron chi connectivity index (χ1n) is 7.35. The topological polar surface area (TPSA) is 46.3 Å². The number of fused-ring (bicyclic) bond motifs is 1. The standard InChI is InChI=1S/C16H22N2O/c17-15-6-3-9-18(11-15)16(19)14-8-7-12-4-1-2-5-13(12)10-14/h1-2,4-5,14-15H,3,6-11,17H2/t14?,15-/m1/s1. The average molecular weight is 258 g/mol. The number of hydrogen-bond acceptors (Lipinski definition) is 2. The van der Waals surface area contributed by atoms with Crippen molar-refractivity contribution >= 4 is 5.91 Å². The smallest absolute Gasteiger partial charge is 0.226 e. The highest BCUT2D eigenvalue weighted by molar-refractivity contribution is 5.79. The summed E-state index contributed by atoms with van der Waals surface area (Å²) in [5, 5.41) is 0. The molecule has 2 atom stereocenters. The molecule has 0 spiro atoms. The molecular weight excluding hydrogens is 236 g/mol. The van der Waals surface area contributed by atoms with Crippen molar-refractivity contribution in [2.24, 2.45) is 11.7 Å². The molecule has 2 aliphatic rings. The van der Waals surface area contributed by atoms with Gasteiger partial charge in [-0.25, -0.2) is 0 Å². The fraction of sp³-hybridized carbons (Fsp3) is 0.562. The van der Waals surface area contributed by atoms with Crippen LogP contribution in [0.5, 0.6) is 0 Å². The van der Waals surface area contributed by atoms with Gasteiger partial charge in [0.25, 0.3) is 0 Å². The van der Waals surface area contributed by atoms with Gasteiger partial charge in [-0.05, 0) is 43.2 Å². The molecule has 19 heavy (non-hydrogen) atoms. The molecule has 1 aromatic rings. The van der Waals surface area contributed by atoms with E-state index in [2.05, 4.69) is 24.3 Å². The maximum Gasteiger partial charge on any atom is 0.226 e. The van der Waals surface area contributed by atoms with E-state index in [1.54, 1.807) is 0 Å². The molecule has 0 saturated carbocycles. The Hall–Kier alpha value is -1.35. The first-order chi connectivity index (χ1) is 9.24. The van der Waals surface area contributed by atoms with Gasteiger partial charge in [-0.1, -0.05) is 24.3 Å². The predicted molar refractivity (Wildman–Crippen MR) is 75.7 cm³/mol. The zero-order valence-electron chi connectivity index (χ0n) is 11.3. The lowest BCUT2D eigenvalue weighted by Gasteiger charge is -2.35. The molecule has 1 fully saturated rings. The first-order valence-corrected chi connectivity index (χ1v) is 7.35. The minimum absolute atomic E-state index is 0.167. The van der Waals surface area contributed by atoms with Gasteiger partial charge in [-0.15, -0.1) is 0 Å². The Labute approximate surface area is 114 Å². The number of carbonyl (C=O) groups is 1. The quantitative estimate of drug-likeness (QED) is 0.834. The molecule has 1 amide bonds. The third-order valence-corrected chi connectivity index (χ3v) is 4.47. The SMILES string of the molecule is N[C@@H]1CCCN(C(=O)C2CCc3ccccc3C2)C1. The van der Waals surface area contributed by atoms with Crippen LogP contribution in [0.25, 0.3) is 0 Å². The summed E-state index contributed by atoms with van der Waals surface area (Å²) in [6, 6.07) is 8.69. The number of aryl methyl sites for hydroxylation is 1. The van der Waals surface area contributed by atoms with Gasteiger partial charge >= 0.3 is 0 Å². The molecule has 1 saturated heterocycles. The lowest BCUT2D eigenvalue weighted by molar-refractivity contribution is -0.137. The molecule has 0 aromatic heterocycles. The molecule has 1 unspecified atom stereocenters. The minimum Gasteiger partial charge on any atom is -0.341 e. The number of hydrogen-bond donors (Lipinski definition) is 1. The van der Waals surface area contributed by atoms with Gasteiger partial charge in [-0.3, -0.25) is 4.79 Å². The summed E-state index contributed by atoms with van der Waals surface area (Å²) >= 11 is 0. The Morgan fingerprint density at radius 1 is 1.21 bits per heavy atom. The van der Waals surface area contributed by atoms with E-state index in [1.807, 2.05) is 4.90 Å². The molecule has 1 aromatic carbocycles. The van der Waals surface area contributed by atoms with Crippen molar-refractivity contribution < 1.29 is 4.79 Å². The molecule has 3 rings (SSSR count). The van der Waals surface area contributed by atoms with E-state index in [0.29, 0.717) is 5.91 Å². The highest BCUT2D eigenvalue weighted by Gasteiger charge is 2.30. The molecule has 3 heteroatoms. The zero-order chi connectivity index (χ0) is 13.2. The van der Waals surface area contributed by atoms with Gasteiger partial charge < -0.3 is 10.6 Å². The second-order valence-corrected chi connectivity index (χ2v) is 5.89. The van der Waals surface area contributed by atoms with E-state index in [4.69, 9.17) is 5.73 Å². The summed E-state index contributed by atoms with van der Waals surface area (Å²) in [5.74, 6) is 0.491. The molecule has 0 radical (unpaired) electrons. The van der Waals surface area contributed by atoms with Crippen molar-refractivity contribution in [3.05, 3.63) is 35.4 Å². The number of piperidine rings is 1. The average Bonchev–Trinajstić information content (AvgIpc) is 2.46. The van der Waals surface area contributed by atoms with Crippen LogP contribution in [-0.4, -0.2) is 29.9 Å². The van der Waals surface area contributed by atoms with E-state index >= 15 is 0 Å². The van der Waals surface area contributed by atoms with E-state index < -0.39 is 0 Å². The molecular formula is C16H22N2O. The highest BCUT2D eigenvalue weighted by atomic mass is 16.2. The summed E-state index contributed by atoms with van der Waals surface area (Å²) in [4.78, 5) is 14.6. The van der Waals surface area contributed by atoms with Crippen LogP contribution in [0.3, 0.4) is 0 Å². The van der Waals surface area contributed by atoms with Crippen LogP contribution in [0.1, 0.15) is 30.4 Å². The largest absolute Gasteiger partial charge is 0.341 e. The lowest BCUT2D eigenvalue weighted by atomic mass is 9.83. The van der Waals surface area contributed by atoms with E-state index in [0.717, 1.165) is 45.2 Å². The number of nitrogens with zero attached hydrogens (tertiary/aromatic N) is 1. The van der Waals surface area contributed by atoms with Gasteiger partial charge in [0, 0.05) is 25.0 Å². The van der Waals surface area contributed by atoms with Crippen molar-refractivity contribution in [3.8, 4) is 0 Å². The molecule has 0 bridgehead atoms. The minimum atomic E-state index is 0.167. The van der Waals surface area contributed by atoms with E-state index in [-0.39, 0.29) is 12.0 Å². The van der Waals surface area contributed by atoms with Gasteiger partial charge in [-0.2, -0.15) is 0 Å². The summed E-state index contributed by atoms with van der Waals surface area (Å²) in [6.07, 6.45) is 5.03. The van der Waals surface area contributed by atoms with Crippen LogP contribution in [0.4, 0.5) is 0 Å². The van der Waals surface area contributed by atoms with Crippen molar-refractivity contribution in [1.29, 1.82) is 0 Å². The van der Waals surface area contributed by atoms with Crippen molar-refractivity contribution in [2.75, 3.05) is 13.1 Å². The van der Waals surface area contributed by atoms with Crippen molar-refractivity contribution in [1.82, 2.24) is 4.90 Å². The van der Waals surface area contributed by atoms with Crippen molar-refractivity contribution in [2.45, 2.75) is 38.1 Å². The molecule has 3 nitrogen and oxygen atoms in total. The second kappa shape index (κ2) is 5.33. The molecule has 1 aliphatic carbocycles. The van der Waals surface area contributed by atoms with Crippen LogP contribution < -0.4 is 5.73 Å². The number of carbonyl (C=O) groups excluding carboxylic acids is 1. The normalized spacial score (nSPS) is 26.9. The van der Waals surface area contributed by atoms with Gasteiger partial charge in [0.05, 0.1) is 0 Å². The molecule has 2 N–H and O–H groups in total. The Balaban J connectivity index is 1.69. The fourth-order valence-corrected chi connectivity index (χ4v) is 3.38. The number of rotatable bonds is 1. The van der Waals surface area contributed by atoms with Crippen LogP contribution in [-0.2, 0) is 17.6 Å². The molecule has 1 heterocycles.